The Morgan fingerprint density at radius 2 is 2.07 bits per heavy atom. The SMILES string of the molecule is C/C(=C/C(C)O)c1cccc(Cl)c1Cl. The van der Waals surface area contributed by atoms with Gasteiger partial charge in [0, 0.05) is 0 Å². The highest BCUT2D eigenvalue weighted by Gasteiger charge is 2.05. The molecule has 14 heavy (non-hydrogen) atoms. The average Bonchev–Trinajstić information content (AvgIpc) is 2.08. The molecule has 0 aliphatic rings. The Kier molecular flexibility index (Phi) is 3.99. The minimum atomic E-state index is -0.481. The van der Waals surface area contributed by atoms with Crippen LogP contribution in [0.25, 0.3) is 5.57 Å². The Hall–Kier alpha value is -0.500. The van der Waals surface area contributed by atoms with Gasteiger partial charge in [-0.3, -0.25) is 0 Å². The largest absolute Gasteiger partial charge is 0.389 e. The summed E-state index contributed by atoms with van der Waals surface area (Å²) in [6.45, 7) is 3.59. The van der Waals surface area contributed by atoms with Gasteiger partial charge in [-0.1, -0.05) is 41.4 Å². The molecule has 3 heteroatoms. The molecule has 1 nitrogen and oxygen atoms in total. The molecule has 0 spiro atoms. The average molecular weight is 231 g/mol. The third kappa shape index (κ3) is 2.74. The molecule has 1 N–H and O–H groups in total. The Balaban J connectivity index is 3.13. The summed E-state index contributed by atoms with van der Waals surface area (Å²) in [5.74, 6) is 0. The first kappa shape index (κ1) is 11.6. The number of aliphatic hydroxyl groups excluding tert-OH is 1. The molecule has 0 radical (unpaired) electrons. The maximum Gasteiger partial charge on any atom is 0.0698 e. The molecule has 1 atom stereocenters. The molecule has 1 unspecified atom stereocenters. The minimum Gasteiger partial charge on any atom is -0.389 e. The summed E-state index contributed by atoms with van der Waals surface area (Å²) in [6.07, 6.45) is 1.25. The first-order valence-electron chi connectivity index (χ1n) is 4.33. The highest BCUT2D eigenvalue weighted by atomic mass is 35.5. The number of benzene rings is 1. The summed E-state index contributed by atoms with van der Waals surface area (Å²) < 4.78 is 0. The van der Waals surface area contributed by atoms with Crippen molar-refractivity contribution >= 4 is 28.8 Å². The predicted molar refractivity (Wildman–Crippen MR) is 61.8 cm³/mol. The van der Waals surface area contributed by atoms with E-state index in [2.05, 4.69) is 0 Å². The summed E-state index contributed by atoms with van der Waals surface area (Å²) in [5.41, 5.74) is 1.78. The zero-order valence-electron chi connectivity index (χ0n) is 8.09. The van der Waals surface area contributed by atoms with E-state index in [4.69, 9.17) is 23.2 Å². The number of rotatable bonds is 2. The number of halogens is 2. The molecule has 0 fully saturated rings. The van der Waals surface area contributed by atoms with Gasteiger partial charge in [-0.15, -0.1) is 0 Å². The summed E-state index contributed by atoms with van der Waals surface area (Å²) in [6, 6.07) is 5.45. The maximum atomic E-state index is 9.19. The predicted octanol–water partition coefficient (Wildman–Crippen LogP) is 3.78. The second kappa shape index (κ2) is 4.83. The highest BCUT2D eigenvalue weighted by Crippen LogP contribution is 2.30. The van der Waals surface area contributed by atoms with Crippen LogP contribution in [0.2, 0.25) is 10.0 Å². The van der Waals surface area contributed by atoms with Crippen molar-refractivity contribution in [1.82, 2.24) is 0 Å². The molecule has 0 aromatic heterocycles. The maximum absolute atomic E-state index is 9.19. The van der Waals surface area contributed by atoms with Gasteiger partial charge in [0.25, 0.3) is 0 Å². The van der Waals surface area contributed by atoms with Gasteiger partial charge in [0.1, 0.15) is 0 Å². The fraction of sp³-hybridized carbons (Fsp3) is 0.273. The number of hydrogen-bond acceptors (Lipinski definition) is 1. The lowest BCUT2D eigenvalue weighted by atomic mass is 10.1. The monoisotopic (exact) mass is 230 g/mol. The standard InChI is InChI=1S/C11H12Cl2O/c1-7(6-8(2)14)9-4-3-5-10(12)11(9)13/h3-6,8,14H,1-2H3/b7-6-. The van der Waals surface area contributed by atoms with Gasteiger partial charge in [0.05, 0.1) is 16.1 Å². The Morgan fingerprint density at radius 1 is 1.43 bits per heavy atom. The first-order valence-corrected chi connectivity index (χ1v) is 5.09. The van der Waals surface area contributed by atoms with Crippen LogP contribution in [0.15, 0.2) is 24.3 Å². The van der Waals surface area contributed by atoms with Crippen molar-refractivity contribution in [3.05, 3.63) is 39.9 Å². The zero-order chi connectivity index (χ0) is 10.7. The van der Waals surface area contributed by atoms with Crippen LogP contribution in [0.5, 0.6) is 0 Å². The van der Waals surface area contributed by atoms with Gasteiger partial charge in [-0.05, 0) is 31.1 Å². The Bertz CT molecular complexity index is 356. The minimum absolute atomic E-state index is 0.481. The first-order chi connectivity index (χ1) is 6.52. The third-order valence-electron chi connectivity index (χ3n) is 1.87. The molecule has 0 aliphatic heterocycles. The Labute approximate surface area is 94.0 Å². The second-order valence-corrected chi connectivity index (χ2v) is 3.98. The molecular formula is C11H12Cl2O. The third-order valence-corrected chi connectivity index (χ3v) is 2.69. The van der Waals surface area contributed by atoms with Crippen LogP contribution in [0.3, 0.4) is 0 Å². The molecule has 0 heterocycles. The summed E-state index contributed by atoms with van der Waals surface area (Å²) in [4.78, 5) is 0. The molecule has 1 rings (SSSR count). The van der Waals surface area contributed by atoms with Crippen molar-refractivity contribution in [2.75, 3.05) is 0 Å². The quantitative estimate of drug-likeness (QED) is 0.821. The van der Waals surface area contributed by atoms with E-state index < -0.39 is 6.10 Å². The molecule has 76 valence electrons. The van der Waals surface area contributed by atoms with Gasteiger partial charge in [0.15, 0.2) is 0 Å². The van der Waals surface area contributed by atoms with Gasteiger partial charge in [0.2, 0.25) is 0 Å². The molecule has 0 amide bonds. The van der Waals surface area contributed by atoms with Crippen molar-refractivity contribution in [2.45, 2.75) is 20.0 Å². The zero-order valence-corrected chi connectivity index (χ0v) is 9.60. The molecule has 0 bridgehead atoms. The van der Waals surface area contributed by atoms with Crippen LogP contribution in [0, 0.1) is 0 Å². The highest BCUT2D eigenvalue weighted by molar-refractivity contribution is 6.43. The molecular weight excluding hydrogens is 219 g/mol. The number of aliphatic hydroxyl groups is 1. The topological polar surface area (TPSA) is 20.2 Å². The lowest BCUT2D eigenvalue weighted by Crippen LogP contribution is -1.94. The van der Waals surface area contributed by atoms with Gasteiger partial charge in [-0.25, -0.2) is 0 Å². The summed E-state index contributed by atoms with van der Waals surface area (Å²) in [5, 5.41) is 10.3. The molecule has 0 saturated carbocycles. The molecule has 0 saturated heterocycles. The summed E-state index contributed by atoms with van der Waals surface area (Å²) in [7, 11) is 0. The fourth-order valence-corrected chi connectivity index (χ4v) is 1.71. The van der Waals surface area contributed by atoms with E-state index >= 15 is 0 Å². The van der Waals surface area contributed by atoms with Crippen LogP contribution in [-0.2, 0) is 0 Å². The van der Waals surface area contributed by atoms with Gasteiger partial charge < -0.3 is 5.11 Å². The van der Waals surface area contributed by atoms with Crippen molar-refractivity contribution in [3.8, 4) is 0 Å². The van der Waals surface area contributed by atoms with Crippen molar-refractivity contribution in [3.63, 3.8) is 0 Å². The van der Waals surface area contributed by atoms with E-state index in [1.807, 2.05) is 19.1 Å². The van der Waals surface area contributed by atoms with Crippen LogP contribution in [-0.4, -0.2) is 11.2 Å². The van der Waals surface area contributed by atoms with Crippen molar-refractivity contribution in [2.24, 2.45) is 0 Å². The Morgan fingerprint density at radius 3 is 2.64 bits per heavy atom. The lowest BCUT2D eigenvalue weighted by Gasteiger charge is -2.07. The van der Waals surface area contributed by atoms with E-state index in [1.54, 1.807) is 19.1 Å². The van der Waals surface area contributed by atoms with Crippen LogP contribution in [0.4, 0.5) is 0 Å². The molecule has 0 aliphatic carbocycles. The molecule has 1 aromatic rings. The van der Waals surface area contributed by atoms with Crippen LogP contribution < -0.4 is 0 Å². The lowest BCUT2D eigenvalue weighted by molar-refractivity contribution is 0.244. The van der Waals surface area contributed by atoms with E-state index in [9.17, 15) is 5.11 Å². The van der Waals surface area contributed by atoms with Gasteiger partial charge in [-0.2, -0.15) is 0 Å². The number of allylic oxidation sites excluding steroid dienone is 1. The fourth-order valence-electron chi connectivity index (χ4n) is 1.26. The van der Waals surface area contributed by atoms with E-state index in [0.717, 1.165) is 11.1 Å². The summed E-state index contributed by atoms with van der Waals surface area (Å²) >= 11 is 11.9. The smallest absolute Gasteiger partial charge is 0.0698 e. The van der Waals surface area contributed by atoms with E-state index in [0.29, 0.717) is 10.0 Å². The number of hydrogen-bond donors (Lipinski definition) is 1. The van der Waals surface area contributed by atoms with E-state index in [1.165, 1.54) is 0 Å². The van der Waals surface area contributed by atoms with Crippen molar-refractivity contribution in [1.29, 1.82) is 0 Å². The van der Waals surface area contributed by atoms with Crippen LogP contribution in [0.1, 0.15) is 19.4 Å². The van der Waals surface area contributed by atoms with Gasteiger partial charge >= 0.3 is 0 Å². The van der Waals surface area contributed by atoms with Crippen LogP contribution >= 0.6 is 23.2 Å². The second-order valence-electron chi connectivity index (χ2n) is 3.19. The molecule has 1 aromatic carbocycles. The van der Waals surface area contributed by atoms with Crippen molar-refractivity contribution < 1.29 is 5.11 Å². The van der Waals surface area contributed by atoms with E-state index in [-0.39, 0.29) is 0 Å². The normalized spacial score (nSPS) is 14.2.